The van der Waals surface area contributed by atoms with Crippen molar-refractivity contribution in [3.63, 3.8) is 0 Å². The monoisotopic (exact) mass is 144 g/mol. The number of hydrogen-bond acceptors (Lipinski definition) is 2. The van der Waals surface area contributed by atoms with Gasteiger partial charge < -0.3 is 9.47 Å². The van der Waals surface area contributed by atoms with Crippen LogP contribution in [-0.2, 0) is 9.47 Å². The molecule has 0 aliphatic carbocycles. The van der Waals surface area contributed by atoms with E-state index < -0.39 is 0 Å². The summed E-state index contributed by atoms with van der Waals surface area (Å²) in [5, 5.41) is 0. The molecule has 1 saturated heterocycles. The molecule has 0 amide bonds. The van der Waals surface area contributed by atoms with Gasteiger partial charge in [0.05, 0.1) is 12.2 Å². The highest BCUT2D eigenvalue weighted by Crippen LogP contribution is 2.18. The van der Waals surface area contributed by atoms with Gasteiger partial charge in [-0.2, -0.15) is 0 Å². The third-order valence-corrected chi connectivity index (χ3v) is 1.94. The molecule has 0 aromatic heterocycles. The second kappa shape index (κ2) is 3.35. The quantitative estimate of drug-likeness (QED) is 0.558. The molecule has 2 nitrogen and oxygen atoms in total. The predicted octanol–water partition coefficient (Wildman–Crippen LogP) is 1.79. The lowest BCUT2D eigenvalue weighted by Gasteiger charge is -2.29. The average Bonchev–Trinajstić information content (AvgIpc) is 1.88. The summed E-state index contributed by atoms with van der Waals surface area (Å²) >= 11 is 0. The zero-order chi connectivity index (χ0) is 7.56. The second-order valence-electron chi connectivity index (χ2n) is 3.28. The largest absolute Gasteiger partial charge is 0.352 e. The summed E-state index contributed by atoms with van der Waals surface area (Å²) in [7, 11) is 0. The lowest BCUT2D eigenvalue weighted by Crippen LogP contribution is -2.32. The van der Waals surface area contributed by atoms with Gasteiger partial charge in [-0.15, -0.1) is 0 Å². The summed E-state index contributed by atoms with van der Waals surface area (Å²) < 4.78 is 10.6. The van der Waals surface area contributed by atoms with Crippen LogP contribution in [0.15, 0.2) is 0 Å². The standard InChI is InChI=1S/C8H16O2/c1-6(2)8-4-7(3)9-5-10-8/h6-8H,4-5H2,1-3H3. The third-order valence-electron chi connectivity index (χ3n) is 1.94. The van der Waals surface area contributed by atoms with E-state index in [0.717, 1.165) is 6.42 Å². The Morgan fingerprint density at radius 2 is 2.00 bits per heavy atom. The van der Waals surface area contributed by atoms with Gasteiger partial charge in [0.15, 0.2) is 0 Å². The highest BCUT2D eigenvalue weighted by Gasteiger charge is 2.21. The highest BCUT2D eigenvalue weighted by atomic mass is 16.7. The maximum atomic E-state index is 5.39. The average molecular weight is 144 g/mol. The Kier molecular flexibility index (Phi) is 2.69. The molecule has 0 saturated carbocycles. The van der Waals surface area contributed by atoms with E-state index in [9.17, 15) is 0 Å². The molecule has 1 heterocycles. The van der Waals surface area contributed by atoms with E-state index in [1.54, 1.807) is 0 Å². The van der Waals surface area contributed by atoms with Crippen LogP contribution in [-0.4, -0.2) is 19.0 Å². The topological polar surface area (TPSA) is 18.5 Å². The summed E-state index contributed by atoms with van der Waals surface area (Å²) in [6.45, 7) is 6.94. The Balaban J connectivity index is 2.32. The SMILES string of the molecule is CC1CC(C(C)C)OCO1. The third kappa shape index (κ3) is 1.96. The van der Waals surface area contributed by atoms with Crippen LogP contribution in [0.4, 0.5) is 0 Å². The van der Waals surface area contributed by atoms with E-state index in [2.05, 4.69) is 20.8 Å². The van der Waals surface area contributed by atoms with Crippen molar-refractivity contribution < 1.29 is 9.47 Å². The van der Waals surface area contributed by atoms with Crippen molar-refractivity contribution in [1.29, 1.82) is 0 Å². The Morgan fingerprint density at radius 1 is 1.30 bits per heavy atom. The smallest absolute Gasteiger partial charge is 0.147 e. The van der Waals surface area contributed by atoms with Gasteiger partial charge in [-0.05, 0) is 19.3 Å². The van der Waals surface area contributed by atoms with E-state index in [4.69, 9.17) is 9.47 Å². The molecule has 2 heteroatoms. The van der Waals surface area contributed by atoms with Crippen molar-refractivity contribution in [3.8, 4) is 0 Å². The van der Waals surface area contributed by atoms with Crippen LogP contribution >= 0.6 is 0 Å². The van der Waals surface area contributed by atoms with Crippen molar-refractivity contribution in [2.24, 2.45) is 5.92 Å². The Hall–Kier alpha value is -0.0800. The normalized spacial score (nSPS) is 34.8. The van der Waals surface area contributed by atoms with Crippen molar-refractivity contribution in [2.75, 3.05) is 6.79 Å². The summed E-state index contributed by atoms with van der Waals surface area (Å²) in [6, 6.07) is 0. The van der Waals surface area contributed by atoms with Crippen molar-refractivity contribution in [3.05, 3.63) is 0 Å². The lowest BCUT2D eigenvalue weighted by atomic mass is 10.0. The molecule has 0 spiro atoms. The molecule has 0 N–H and O–H groups in total. The second-order valence-corrected chi connectivity index (χ2v) is 3.28. The van der Waals surface area contributed by atoms with Gasteiger partial charge in [0.25, 0.3) is 0 Å². The summed E-state index contributed by atoms with van der Waals surface area (Å²) in [5.74, 6) is 0.617. The minimum Gasteiger partial charge on any atom is -0.352 e. The fraction of sp³-hybridized carbons (Fsp3) is 1.00. The first-order valence-electron chi connectivity index (χ1n) is 3.93. The molecular formula is C8H16O2. The van der Waals surface area contributed by atoms with E-state index in [1.165, 1.54) is 0 Å². The molecule has 0 radical (unpaired) electrons. The van der Waals surface area contributed by atoms with Gasteiger partial charge in [0, 0.05) is 0 Å². The number of rotatable bonds is 1. The van der Waals surface area contributed by atoms with Crippen LogP contribution < -0.4 is 0 Å². The van der Waals surface area contributed by atoms with Crippen LogP contribution in [0.25, 0.3) is 0 Å². The molecule has 2 unspecified atom stereocenters. The molecule has 0 bridgehead atoms. The van der Waals surface area contributed by atoms with Crippen LogP contribution in [0.3, 0.4) is 0 Å². The van der Waals surface area contributed by atoms with Crippen LogP contribution in [0.2, 0.25) is 0 Å². The molecule has 1 aliphatic heterocycles. The van der Waals surface area contributed by atoms with Gasteiger partial charge in [-0.25, -0.2) is 0 Å². The number of ether oxygens (including phenoxy) is 2. The maximum Gasteiger partial charge on any atom is 0.147 e. The predicted molar refractivity (Wildman–Crippen MR) is 39.7 cm³/mol. The first-order chi connectivity index (χ1) is 4.70. The molecule has 1 rings (SSSR count). The van der Waals surface area contributed by atoms with Crippen molar-refractivity contribution >= 4 is 0 Å². The zero-order valence-electron chi connectivity index (χ0n) is 6.96. The van der Waals surface area contributed by atoms with E-state index in [0.29, 0.717) is 24.9 Å². The van der Waals surface area contributed by atoms with E-state index in [1.807, 2.05) is 0 Å². The molecule has 0 aromatic carbocycles. The molecule has 60 valence electrons. The Labute approximate surface area is 62.5 Å². The van der Waals surface area contributed by atoms with E-state index >= 15 is 0 Å². The van der Waals surface area contributed by atoms with Gasteiger partial charge in [0.1, 0.15) is 6.79 Å². The van der Waals surface area contributed by atoms with Crippen LogP contribution in [0, 0.1) is 5.92 Å². The summed E-state index contributed by atoms with van der Waals surface area (Å²) in [5.41, 5.74) is 0. The van der Waals surface area contributed by atoms with Gasteiger partial charge in [-0.3, -0.25) is 0 Å². The van der Waals surface area contributed by atoms with Crippen molar-refractivity contribution in [2.45, 2.75) is 39.4 Å². The molecule has 2 atom stereocenters. The minimum absolute atomic E-state index is 0.376. The van der Waals surface area contributed by atoms with E-state index in [-0.39, 0.29) is 0 Å². The van der Waals surface area contributed by atoms with Crippen molar-refractivity contribution in [1.82, 2.24) is 0 Å². The van der Waals surface area contributed by atoms with Gasteiger partial charge >= 0.3 is 0 Å². The maximum absolute atomic E-state index is 5.39. The molecule has 1 aliphatic rings. The first-order valence-corrected chi connectivity index (χ1v) is 3.93. The highest BCUT2D eigenvalue weighted by molar-refractivity contribution is 4.68. The first kappa shape index (κ1) is 8.02. The summed E-state index contributed by atoms with van der Waals surface area (Å²) in [6.07, 6.45) is 1.82. The fourth-order valence-electron chi connectivity index (χ4n) is 1.17. The molecule has 0 aromatic rings. The fourth-order valence-corrected chi connectivity index (χ4v) is 1.17. The van der Waals surface area contributed by atoms with Crippen LogP contribution in [0.5, 0.6) is 0 Å². The molecule has 10 heavy (non-hydrogen) atoms. The van der Waals surface area contributed by atoms with Crippen LogP contribution in [0.1, 0.15) is 27.2 Å². The number of hydrogen-bond donors (Lipinski definition) is 0. The lowest BCUT2D eigenvalue weighted by molar-refractivity contribution is -0.180. The minimum atomic E-state index is 0.376. The molecular weight excluding hydrogens is 128 g/mol. The zero-order valence-corrected chi connectivity index (χ0v) is 6.96. The Bertz CT molecular complexity index is 101. The van der Waals surface area contributed by atoms with Gasteiger partial charge in [0.2, 0.25) is 0 Å². The Morgan fingerprint density at radius 3 is 2.40 bits per heavy atom. The molecule has 1 fully saturated rings. The summed E-state index contributed by atoms with van der Waals surface area (Å²) in [4.78, 5) is 0. The van der Waals surface area contributed by atoms with Gasteiger partial charge in [-0.1, -0.05) is 13.8 Å².